The summed E-state index contributed by atoms with van der Waals surface area (Å²) in [6, 6.07) is 4.04. The van der Waals surface area contributed by atoms with Gasteiger partial charge in [0.2, 0.25) is 0 Å². The van der Waals surface area contributed by atoms with Gasteiger partial charge in [-0.2, -0.15) is 0 Å². The number of hydrogen-bond donors (Lipinski definition) is 0. The summed E-state index contributed by atoms with van der Waals surface area (Å²) in [5.74, 6) is 3.04. The molecule has 0 amide bonds. The molecule has 0 radical (unpaired) electrons. The molecule has 0 N–H and O–H groups in total. The molecule has 0 heterocycles. The smallest absolute Gasteiger partial charge is 0.126 e. The van der Waals surface area contributed by atoms with Crippen molar-refractivity contribution in [2.75, 3.05) is 0 Å². The van der Waals surface area contributed by atoms with Crippen LogP contribution in [0, 0.1) is 35.3 Å². The Hall–Kier alpha value is -0.920. The first kappa shape index (κ1) is 19.8. The number of hydrogen-bond acceptors (Lipinski definition) is 0. The molecule has 26 heavy (non-hydrogen) atoms. The van der Waals surface area contributed by atoms with Crippen LogP contribution in [0.1, 0.15) is 96.0 Å². The SMILES string of the molecule is CCCC1CCC(C(C)CC2CCC(c3cc(F)cc(F)c3)CC2)CC1. The molecule has 1 unspecified atom stereocenters. The van der Waals surface area contributed by atoms with E-state index in [1.54, 1.807) is 0 Å². The van der Waals surface area contributed by atoms with Crippen molar-refractivity contribution in [1.29, 1.82) is 0 Å². The van der Waals surface area contributed by atoms with E-state index < -0.39 is 11.6 Å². The van der Waals surface area contributed by atoms with Gasteiger partial charge in [0.25, 0.3) is 0 Å². The molecule has 0 aliphatic heterocycles. The van der Waals surface area contributed by atoms with Gasteiger partial charge in [-0.25, -0.2) is 8.78 Å². The van der Waals surface area contributed by atoms with E-state index in [2.05, 4.69) is 13.8 Å². The van der Waals surface area contributed by atoms with Crippen LogP contribution in [0.2, 0.25) is 0 Å². The highest BCUT2D eigenvalue weighted by Gasteiger charge is 2.29. The van der Waals surface area contributed by atoms with Gasteiger partial charge in [0.15, 0.2) is 0 Å². The highest BCUT2D eigenvalue weighted by molar-refractivity contribution is 5.22. The average molecular weight is 363 g/mol. The summed E-state index contributed by atoms with van der Waals surface area (Å²) in [6.07, 6.45) is 14.5. The second kappa shape index (κ2) is 9.33. The van der Waals surface area contributed by atoms with Crippen LogP contribution in [-0.2, 0) is 0 Å². The van der Waals surface area contributed by atoms with Crippen LogP contribution in [0.4, 0.5) is 8.78 Å². The Bertz CT molecular complexity index is 531. The first-order valence-electron chi connectivity index (χ1n) is 11.0. The molecule has 3 rings (SSSR count). The third kappa shape index (κ3) is 5.30. The molecule has 0 spiro atoms. The maximum atomic E-state index is 13.5. The summed E-state index contributed by atoms with van der Waals surface area (Å²) in [5.41, 5.74) is 0.864. The largest absolute Gasteiger partial charge is 0.207 e. The molecule has 0 nitrogen and oxygen atoms in total. The van der Waals surface area contributed by atoms with Gasteiger partial charge in [-0.15, -0.1) is 0 Å². The molecule has 146 valence electrons. The van der Waals surface area contributed by atoms with Crippen molar-refractivity contribution in [3.63, 3.8) is 0 Å². The molecule has 0 bridgehead atoms. The minimum absolute atomic E-state index is 0.344. The van der Waals surface area contributed by atoms with Crippen molar-refractivity contribution >= 4 is 0 Å². The van der Waals surface area contributed by atoms with E-state index in [9.17, 15) is 8.78 Å². The van der Waals surface area contributed by atoms with Crippen LogP contribution in [-0.4, -0.2) is 0 Å². The summed E-state index contributed by atoms with van der Waals surface area (Å²) < 4.78 is 26.9. The molecular weight excluding hydrogens is 326 g/mol. The fourth-order valence-electron chi connectivity index (χ4n) is 5.71. The number of rotatable bonds is 6. The standard InChI is InChI=1S/C24H36F2/c1-3-4-18-5-9-20(10-6-18)17(2)13-19-7-11-21(12-8-19)22-14-23(25)16-24(26)15-22/h14-21H,3-13H2,1-2H3. The molecule has 1 aromatic carbocycles. The van der Waals surface area contributed by atoms with E-state index in [0.29, 0.717) is 5.92 Å². The second-order valence-electron chi connectivity index (χ2n) is 9.20. The van der Waals surface area contributed by atoms with Crippen LogP contribution in [0.25, 0.3) is 0 Å². The van der Waals surface area contributed by atoms with Crippen LogP contribution in [0.3, 0.4) is 0 Å². The first-order valence-corrected chi connectivity index (χ1v) is 11.0. The number of halogens is 2. The topological polar surface area (TPSA) is 0 Å². The van der Waals surface area contributed by atoms with Gasteiger partial charge in [-0.3, -0.25) is 0 Å². The molecule has 2 fully saturated rings. The Labute approximate surface area is 158 Å². The van der Waals surface area contributed by atoms with Gasteiger partial charge in [0.05, 0.1) is 0 Å². The first-order chi connectivity index (χ1) is 12.5. The molecule has 2 aliphatic rings. The fraction of sp³-hybridized carbons (Fsp3) is 0.750. The molecule has 1 aromatic rings. The Morgan fingerprint density at radius 1 is 0.846 bits per heavy atom. The van der Waals surface area contributed by atoms with E-state index in [1.807, 2.05) is 0 Å². The zero-order valence-corrected chi connectivity index (χ0v) is 16.7. The van der Waals surface area contributed by atoms with Crippen LogP contribution in [0.15, 0.2) is 18.2 Å². The predicted octanol–water partition coefficient (Wildman–Crippen LogP) is 7.87. The van der Waals surface area contributed by atoms with Crippen molar-refractivity contribution in [3.05, 3.63) is 35.4 Å². The lowest BCUT2D eigenvalue weighted by Gasteiger charge is -2.36. The molecule has 2 aliphatic carbocycles. The summed E-state index contributed by atoms with van der Waals surface area (Å²) in [5, 5.41) is 0. The zero-order valence-electron chi connectivity index (χ0n) is 16.7. The van der Waals surface area contributed by atoms with Crippen molar-refractivity contribution in [1.82, 2.24) is 0 Å². The summed E-state index contributed by atoms with van der Waals surface area (Å²) in [4.78, 5) is 0. The lowest BCUT2D eigenvalue weighted by Crippen LogP contribution is -2.23. The van der Waals surface area contributed by atoms with E-state index in [-0.39, 0.29) is 0 Å². The average Bonchev–Trinajstić information content (AvgIpc) is 2.62. The highest BCUT2D eigenvalue weighted by atomic mass is 19.1. The van der Waals surface area contributed by atoms with Crippen LogP contribution in [0.5, 0.6) is 0 Å². The minimum atomic E-state index is -0.436. The summed E-state index contributed by atoms with van der Waals surface area (Å²) >= 11 is 0. The quantitative estimate of drug-likeness (QED) is 0.483. The Morgan fingerprint density at radius 3 is 2.00 bits per heavy atom. The van der Waals surface area contributed by atoms with Crippen LogP contribution >= 0.6 is 0 Å². The van der Waals surface area contributed by atoms with Crippen LogP contribution < -0.4 is 0 Å². The molecule has 1 atom stereocenters. The van der Waals surface area contributed by atoms with E-state index in [0.717, 1.165) is 48.1 Å². The fourth-order valence-corrected chi connectivity index (χ4v) is 5.71. The van der Waals surface area contributed by atoms with Crippen molar-refractivity contribution in [2.45, 2.75) is 90.4 Å². The van der Waals surface area contributed by atoms with Crippen molar-refractivity contribution in [3.8, 4) is 0 Å². The lowest BCUT2D eigenvalue weighted by atomic mass is 9.70. The Kier molecular flexibility index (Phi) is 7.12. The van der Waals surface area contributed by atoms with E-state index >= 15 is 0 Å². The van der Waals surface area contributed by atoms with E-state index in [4.69, 9.17) is 0 Å². The summed E-state index contributed by atoms with van der Waals surface area (Å²) in [7, 11) is 0. The number of benzene rings is 1. The van der Waals surface area contributed by atoms with Crippen molar-refractivity contribution < 1.29 is 8.78 Å². The lowest BCUT2D eigenvalue weighted by molar-refractivity contribution is 0.169. The normalized spacial score (nSPS) is 30.9. The van der Waals surface area contributed by atoms with Gasteiger partial charge in [-0.1, -0.05) is 39.5 Å². The molecular formula is C24H36F2. The molecule has 0 aromatic heterocycles. The van der Waals surface area contributed by atoms with Crippen molar-refractivity contribution in [2.24, 2.45) is 23.7 Å². The Balaban J connectivity index is 1.44. The van der Waals surface area contributed by atoms with Gasteiger partial charge in [-0.05, 0) is 92.2 Å². The molecule has 2 saturated carbocycles. The summed E-state index contributed by atoms with van der Waals surface area (Å²) in [6.45, 7) is 4.78. The molecule has 2 heteroatoms. The highest BCUT2D eigenvalue weighted by Crippen LogP contribution is 2.42. The van der Waals surface area contributed by atoms with Gasteiger partial charge in [0, 0.05) is 6.07 Å². The Morgan fingerprint density at radius 2 is 1.42 bits per heavy atom. The van der Waals surface area contributed by atoms with E-state index in [1.165, 1.54) is 69.9 Å². The minimum Gasteiger partial charge on any atom is -0.207 e. The maximum absolute atomic E-state index is 13.5. The van der Waals surface area contributed by atoms with Gasteiger partial charge >= 0.3 is 0 Å². The third-order valence-corrected chi connectivity index (χ3v) is 7.30. The third-order valence-electron chi connectivity index (χ3n) is 7.30. The second-order valence-corrected chi connectivity index (χ2v) is 9.20. The van der Waals surface area contributed by atoms with Gasteiger partial charge < -0.3 is 0 Å². The molecule has 0 saturated heterocycles. The predicted molar refractivity (Wildman–Crippen MR) is 105 cm³/mol. The monoisotopic (exact) mass is 362 g/mol. The zero-order chi connectivity index (χ0) is 18.5. The van der Waals surface area contributed by atoms with Gasteiger partial charge in [0.1, 0.15) is 11.6 Å². The maximum Gasteiger partial charge on any atom is 0.126 e.